The van der Waals surface area contributed by atoms with E-state index >= 15 is 0 Å². The average molecular weight is 286 g/mol. The number of amides is 2. The Morgan fingerprint density at radius 3 is 2.55 bits per heavy atom. The number of carboxylic acid groups (broad SMARTS) is 1. The summed E-state index contributed by atoms with van der Waals surface area (Å²) in [6.45, 7) is 5.35. The third-order valence-corrected chi connectivity index (χ3v) is 3.51. The number of hydrogen-bond donors (Lipinski definition) is 1. The summed E-state index contributed by atoms with van der Waals surface area (Å²) in [4.78, 5) is 26.3. The lowest BCUT2D eigenvalue weighted by Gasteiger charge is -2.33. The van der Waals surface area contributed by atoms with E-state index in [-0.39, 0.29) is 31.1 Å². The molecule has 1 aliphatic heterocycles. The molecule has 0 spiro atoms. The standard InChI is InChI=1S/C14H26N2O4/c1-11(2)16(8-7-13(17)18)14(19)15(3)10-12-6-4-5-9-20-12/h11-12H,4-10H2,1-3H3,(H,17,18). The first-order valence-corrected chi connectivity index (χ1v) is 7.27. The highest BCUT2D eigenvalue weighted by molar-refractivity contribution is 5.75. The van der Waals surface area contributed by atoms with Crippen molar-refractivity contribution in [2.24, 2.45) is 0 Å². The number of hydrogen-bond acceptors (Lipinski definition) is 3. The molecular weight excluding hydrogens is 260 g/mol. The lowest BCUT2D eigenvalue weighted by Crippen LogP contribution is -2.48. The Kier molecular flexibility index (Phi) is 6.78. The highest BCUT2D eigenvalue weighted by Gasteiger charge is 2.24. The molecule has 1 fully saturated rings. The van der Waals surface area contributed by atoms with E-state index in [0.29, 0.717) is 6.54 Å². The van der Waals surface area contributed by atoms with Crippen molar-refractivity contribution in [1.82, 2.24) is 9.80 Å². The summed E-state index contributed by atoms with van der Waals surface area (Å²) in [6.07, 6.45) is 3.28. The van der Waals surface area contributed by atoms with E-state index in [0.717, 1.165) is 25.9 Å². The van der Waals surface area contributed by atoms with Gasteiger partial charge in [0.25, 0.3) is 0 Å². The van der Waals surface area contributed by atoms with Gasteiger partial charge in [-0.05, 0) is 33.1 Å². The third-order valence-electron chi connectivity index (χ3n) is 3.51. The van der Waals surface area contributed by atoms with Crippen LogP contribution >= 0.6 is 0 Å². The number of rotatable bonds is 6. The van der Waals surface area contributed by atoms with Crippen molar-refractivity contribution in [2.75, 3.05) is 26.7 Å². The molecule has 1 aliphatic rings. The first-order valence-electron chi connectivity index (χ1n) is 7.27. The Morgan fingerprint density at radius 2 is 2.05 bits per heavy atom. The normalized spacial score (nSPS) is 18.9. The molecule has 1 atom stereocenters. The summed E-state index contributed by atoms with van der Waals surface area (Å²) >= 11 is 0. The van der Waals surface area contributed by atoms with Crippen molar-refractivity contribution in [3.63, 3.8) is 0 Å². The molecule has 0 aromatic rings. The van der Waals surface area contributed by atoms with E-state index in [4.69, 9.17) is 9.84 Å². The molecule has 1 heterocycles. The molecular formula is C14H26N2O4. The number of ether oxygens (including phenoxy) is 1. The SMILES string of the molecule is CC(C)N(CCC(=O)O)C(=O)N(C)CC1CCCCO1. The van der Waals surface area contributed by atoms with Gasteiger partial charge in [0.2, 0.25) is 0 Å². The van der Waals surface area contributed by atoms with Gasteiger partial charge < -0.3 is 19.6 Å². The van der Waals surface area contributed by atoms with Crippen LogP contribution in [-0.4, -0.2) is 65.8 Å². The Labute approximate surface area is 120 Å². The minimum atomic E-state index is -0.887. The quantitative estimate of drug-likeness (QED) is 0.808. The van der Waals surface area contributed by atoms with Crippen LogP contribution in [0.1, 0.15) is 39.5 Å². The number of nitrogens with zero attached hydrogens (tertiary/aromatic N) is 2. The van der Waals surface area contributed by atoms with Gasteiger partial charge in [-0.3, -0.25) is 4.79 Å². The topological polar surface area (TPSA) is 70.1 Å². The number of carboxylic acids is 1. The number of urea groups is 1. The van der Waals surface area contributed by atoms with Crippen LogP contribution in [0.5, 0.6) is 0 Å². The summed E-state index contributed by atoms with van der Waals surface area (Å²) in [5.74, 6) is -0.887. The van der Waals surface area contributed by atoms with Gasteiger partial charge in [-0.25, -0.2) is 4.79 Å². The van der Waals surface area contributed by atoms with Crippen LogP contribution in [0.4, 0.5) is 4.79 Å². The van der Waals surface area contributed by atoms with Gasteiger partial charge in [-0.2, -0.15) is 0 Å². The second kappa shape index (κ2) is 8.09. The minimum Gasteiger partial charge on any atom is -0.481 e. The average Bonchev–Trinajstić information content (AvgIpc) is 2.39. The summed E-state index contributed by atoms with van der Waals surface area (Å²) in [5.41, 5.74) is 0. The fourth-order valence-corrected chi connectivity index (χ4v) is 2.35. The van der Waals surface area contributed by atoms with E-state index in [1.165, 1.54) is 0 Å². The van der Waals surface area contributed by atoms with Crippen LogP contribution < -0.4 is 0 Å². The van der Waals surface area contributed by atoms with E-state index in [1.807, 2.05) is 13.8 Å². The predicted octanol–water partition coefficient (Wildman–Crippen LogP) is 1.79. The van der Waals surface area contributed by atoms with Crippen molar-refractivity contribution < 1.29 is 19.4 Å². The van der Waals surface area contributed by atoms with Crippen molar-refractivity contribution in [1.29, 1.82) is 0 Å². The fourth-order valence-electron chi connectivity index (χ4n) is 2.35. The fraction of sp³-hybridized carbons (Fsp3) is 0.857. The molecule has 1 unspecified atom stereocenters. The molecule has 20 heavy (non-hydrogen) atoms. The first kappa shape index (κ1) is 16.8. The molecule has 1 N–H and O–H groups in total. The van der Waals surface area contributed by atoms with Gasteiger partial charge in [-0.1, -0.05) is 0 Å². The van der Waals surface area contributed by atoms with Gasteiger partial charge >= 0.3 is 12.0 Å². The maximum atomic E-state index is 12.4. The van der Waals surface area contributed by atoms with Crippen LogP contribution in [0, 0.1) is 0 Å². The van der Waals surface area contributed by atoms with Crippen LogP contribution in [0.15, 0.2) is 0 Å². The third kappa shape index (κ3) is 5.36. The first-order chi connectivity index (χ1) is 9.41. The second-order valence-corrected chi connectivity index (χ2v) is 5.58. The Morgan fingerprint density at radius 1 is 1.35 bits per heavy atom. The molecule has 1 saturated heterocycles. The number of likely N-dealkylation sites (N-methyl/N-ethyl adjacent to an activating group) is 1. The lowest BCUT2D eigenvalue weighted by atomic mass is 10.1. The molecule has 0 aromatic carbocycles. The van der Waals surface area contributed by atoms with E-state index in [2.05, 4.69) is 0 Å². The Bertz CT molecular complexity index is 327. The van der Waals surface area contributed by atoms with Gasteiger partial charge in [-0.15, -0.1) is 0 Å². The van der Waals surface area contributed by atoms with Gasteiger partial charge in [0.05, 0.1) is 12.5 Å². The van der Waals surface area contributed by atoms with Crippen LogP contribution in [0.2, 0.25) is 0 Å². The monoisotopic (exact) mass is 286 g/mol. The van der Waals surface area contributed by atoms with E-state index in [9.17, 15) is 9.59 Å². The molecule has 6 nitrogen and oxygen atoms in total. The molecule has 116 valence electrons. The summed E-state index contributed by atoms with van der Waals surface area (Å²) in [6, 6.07) is -0.146. The smallest absolute Gasteiger partial charge is 0.320 e. The number of carbonyl (C=O) groups is 2. The Hall–Kier alpha value is -1.30. The molecule has 0 bridgehead atoms. The number of carbonyl (C=O) groups excluding carboxylic acids is 1. The zero-order valence-electron chi connectivity index (χ0n) is 12.7. The molecule has 6 heteroatoms. The molecule has 2 amide bonds. The molecule has 0 aromatic heterocycles. The highest BCUT2D eigenvalue weighted by Crippen LogP contribution is 2.14. The van der Waals surface area contributed by atoms with E-state index in [1.54, 1.807) is 16.8 Å². The zero-order valence-corrected chi connectivity index (χ0v) is 12.7. The molecule has 0 saturated carbocycles. The van der Waals surface area contributed by atoms with Gasteiger partial charge in [0, 0.05) is 32.8 Å². The predicted molar refractivity (Wildman–Crippen MR) is 75.7 cm³/mol. The van der Waals surface area contributed by atoms with Gasteiger partial charge in [0.1, 0.15) is 0 Å². The molecule has 0 aliphatic carbocycles. The van der Waals surface area contributed by atoms with Crippen LogP contribution in [0.25, 0.3) is 0 Å². The Balaban J connectivity index is 2.51. The largest absolute Gasteiger partial charge is 0.481 e. The zero-order chi connectivity index (χ0) is 15.1. The second-order valence-electron chi connectivity index (χ2n) is 5.58. The van der Waals surface area contributed by atoms with Crippen molar-refractivity contribution >= 4 is 12.0 Å². The summed E-state index contributed by atoms with van der Waals surface area (Å²) < 4.78 is 5.63. The van der Waals surface area contributed by atoms with Crippen LogP contribution in [0.3, 0.4) is 0 Å². The van der Waals surface area contributed by atoms with Crippen molar-refractivity contribution in [3.05, 3.63) is 0 Å². The van der Waals surface area contributed by atoms with Crippen LogP contribution in [-0.2, 0) is 9.53 Å². The summed E-state index contributed by atoms with van der Waals surface area (Å²) in [7, 11) is 1.75. The lowest BCUT2D eigenvalue weighted by molar-refractivity contribution is -0.137. The summed E-state index contributed by atoms with van der Waals surface area (Å²) in [5, 5.41) is 8.75. The molecule has 0 radical (unpaired) electrons. The van der Waals surface area contributed by atoms with E-state index < -0.39 is 5.97 Å². The van der Waals surface area contributed by atoms with Crippen molar-refractivity contribution in [2.45, 2.75) is 51.7 Å². The highest BCUT2D eigenvalue weighted by atomic mass is 16.5. The number of aliphatic carboxylic acids is 1. The van der Waals surface area contributed by atoms with Crippen molar-refractivity contribution in [3.8, 4) is 0 Å². The minimum absolute atomic E-state index is 0.0171. The maximum absolute atomic E-state index is 12.4. The van der Waals surface area contributed by atoms with Gasteiger partial charge in [0.15, 0.2) is 0 Å². The molecule has 1 rings (SSSR count). The maximum Gasteiger partial charge on any atom is 0.320 e.